The second-order valence-electron chi connectivity index (χ2n) is 5.27. The van der Waals surface area contributed by atoms with Crippen LogP contribution in [0.5, 0.6) is 5.88 Å². The molecule has 1 heterocycles. The molecule has 0 amide bonds. The molecule has 0 saturated carbocycles. The third kappa shape index (κ3) is 3.67. The Bertz CT molecular complexity index is 610. The number of para-hydroxylation sites is 1. The van der Waals surface area contributed by atoms with Crippen molar-refractivity contribution in [2.45, 2.75) is 26.7 Å². The fourth-order valence-corrected chi connectivity index (χ4v) is 2.27. The zero-order valence-electron chi connectivity index (χ0n) is 11.9. The van der Waals surface area contributed by atoms with E-state index in [1.54, 1.807) is 0 Å². The van der Waals surface area contributed by atoms with Crippen molar-refractivity contribution in [1.82, 2.24) is 4.98 Å². The van der Waals surface area contributed by atoms with Crippen LogP contribution in [0.25, 0.3) is 10.9 Å². The Labute approximate surface area is 125 Å². The second-order valence-corrected chi connectivity index (χ2v) is 5.71. The highest BCUT2D eigenvalue weighted by molar-refractivity contribution is 7.80. The highest BCUT2D eigenvalue weighted by Crippen LogP contribution is 2.22. The van der Waals surface area contributed by atoms with Crippen molar-refractivity contribution in [3.8, 4) is 5.88 Å². The van der Waals surface area contributed by atoms with Crippen LogP contribution in [0.15, 0.2) is 30.3 Å². The smallest absolute Gasteiger partial charge is 0.214 e. The quantitative estimate of drug-likeness (QED) is 0.650. The summed E-state index contributed by atoms with van der Waals surface area (Å²) in [4.78, 5) is 4.87. The molecule has 2 rings (SSSR count). The number of aromatic nitrogens is 1. The molecule has 0 aliphatic carbocycles. The van der Waals surface area contributed by atoms with Crippen LogP contribution >= 0.6 is 12.2 Å². The number of hydrogen-bond donors (Lipinski definition) is 1. The van der Waals surface area contributed by atoms with Gasteiger partial charge in [-0.15, -0.1) is 0 Å². The van der Waals surface area contributed by atoms with E-state index in [2.05, 4.69) is 18.8 Å². The molecular formula is C16H20N2OS. The van der Waals surface area contributed by atoms with Crippen molar-refractivity contribution >= 4 is 28.1 Å². The lowest BCUT2D eigenvalue weighted by atomic mass is 10.1. The van der Waals surface area contributed by atoms with E-state index < -0.39 is 0 Å². The lowest BCUT2D eigenvalue weighted by Crippen LogP contribution is -2.11. The highest BCUT2D eigenvalue weighted by atomic mass is 32.1. The Balaban J connectivity index is 2.20. The molecule has 3 nitrogen and oxygen atoms in total. The van der Waals surface area contributed by atoms with Crippen LogP contribution in [0.1, 0.15) is 32.3 Å². The van der Waals surface area contributed by atoms with Gasteiger partial charge in [-0.3, -0.25) is 0 Å². The number of thiocarbonyl (C=S) groups is 1. The molecular weight excluding hydrogens is 268 g/mol. The summed E-state index contributed by atoms with van der Waals surface area (Å²) in [6.07, 6.45) is 2.17. The van der Waals surface area contributed by atoms with Crippen LogP contribution in [-0.2, 0) is 0 Å². The summed E-state index contributed by atoms with van der Waals surface area (Å²) in [5.74, 6) is 1.28. The molecule has 0 atom stereocenters. The van der Waals surface area contributed by atoms with Gasteiger partial charge in [0.15, 0.2) is 0 Å². The number of pyridine rings is 1. The van der Waals surface area contributed by atoms with E-state index in [1.165, 1.54) is 0 Å². The number of benzene rings is 1. The number of ether oxygens (including phenoxy) is 1. The zero-order valence-corrected chi connectivity index (χ0v) is 12.7. The van der Waals surface area contributed by atoms with Gasteiger partial charge in [-0.25, -0.2) is 4.98 Å². The summed E-state index contributed by atoms with van der Waals surface area (Å²) in [5.41, 5.74) is 7.47. The zero-order chi connectivity index (χ0) is 14.5. The first-order valence-electron chi connectivity index (χ1n) is 6.90. The molecule has 20 heavy (non-hydrogen) atoms. The average Bonchev–Trinajstić information content (AvgIpc) is 2.42. The Morgan fingerprint density at radius 3 is 2.80 bits per heavy atom. The molecule has 0 radical (unpaired) electrons. The molecule has 4 heteroatoms. The van der Waals surface area contributed by atoms with Crippen molar-refractivity contribution in [3.63, 3.8) is 0 Å². The molecule has 1 aromatic carbocycles. The van der Waals surface area contributed by atoms with Gasteiger partial charge in [-0.1, -0.05) is 44.3 Å². The monoisotopic (exact) mass is 288 g/mol. The minimum atomic E-state index is 0.371. The van der Waals surface area contributed by atoms with Gasteiger partial charge in [-0.05, 0) is 24.8 Å². The highest BCUT2D eigenvalue weighted by Gasteiger charge is 2.08. The molecule has 0 aliphatic rings. The fraction of sp³-hybridized carbons (Fsp3) is 0.375. The number of nitrogens with two attached hydrogens (primary N) is 1. The van der Waals surface area contributed by atoms with Crippen LogP contribution in [0.4, 0.5) is 0 Å². The summed E-state index contributed by atoms with van der Waals surface area (Å²) in [7, 11) is 0. The molecule has 0 unspecified atom stereocenters. The van der Waals surface area contributed by atoms with E-state index in [4.69, 9.17) is 22.7 Å². The topological polar surface area (TPSA) is 48.1 Å². The second kappa shape index (κ2) is 6.66. The Morgan fingerprint density at radius 1 is 1.35 bits per heavy atom. The summed E-state index contributed by atoms with van der Waals surface area (Å²) in [6.45, 7) is 5.08. The standard InChI is InChI=1S/C16H20N2OS/c1-11(2)6-5-9-19-15-10-13(16(17)20)12-7-3-4-8-14(12)18-15/h3-4,7-8,10-11H,5-6,9H2,1-2H3,(H2,17,20). The van der Waals surface area contributed by atoms with E-state index in [0.29, 0.717) is 23.4 Å². The average molecular weight is 288 g/mol. The van der Waals surface area contributed by atoms with Crippen LogP contribution < -0.4 is 10.5 Å². The maximum Gasteiger partial charge on any atom is 0.214 e. The van der Waals surface area contributed by atoms with E-state index in [9.17, 15) is 0 Å². The third-order valence-corrected chi connectivity index (χ3v) is 3.35. The molecule has 0 spiro atoms. The number of hydrogen-bond acceptors (Lipinski definition) is 3. The van der Waals surface area contributed by atoms with Gasteiger partial charge in [0.05, 0.1) is 12.1 Å². The van der Waals surface area contributed by atoms with Crippen molar-refractivity contribution in [3.05, 3.63) is 35.9 Å². The van der Waals surface area contributed by atoms with E-state index >= 15 is 0 Å². The lowest BCUT2D eigenvalue weighted by molar-refractivity contribution is 0.288. The summed E-state index contributed by atoms with van der Waals surface area (Å²) < 4.78 is 5.73. The first-order valence-corrected chi connectivity index (χ1v) is 7.31. The number of rotatable bonds is 6. The number of fused-ring (bicyclic) bond motifs is 1. The molecule has 2 N–H and O–H groups in total. The normalized spacial score (nSPS) is 10.9. The molecule has 106 valence electrons. The van der Waals surface area contributed by atoms with Crippen molar-refractivity contribution in [2.75, 3.05) is 6.61 Å². The Kier molecular flexibility index (Phi) is 4.90. The fourth-order valence-electron chi connectivity index (χ4n) is 2.10. The minimum absolute atomic E-state index is 0.371. The molecule has 0 aliphatic heterocycles. The first kappa shape index (κ1) is 14.7. The summed E-state index contributed by atoms with van der Waals surface area (Å²) in [6, 6.07) is 9.65. The third-order valence-electron chi connectivity index (χ3n) is 3.13. The van der Waals surface area contributed by atoms with Crippen molar-refractivity contribution < 1.29 is 4.74 Å². The molecule has 1 aromatic heterocycles. The maximum absolute atomic E-state index is 5.79. The Hall–Kier alpha value is -1.68. The molecule has 2 aromatic rings. The summed E-state index contributed by atoms with van der Waals surface area (Å²) >= 11 is 5.11. The number of nitrogens with zero attached hydrogens (tertiary/aromatic N) is 1. The Morgan fingerprint density at radius 2 is 2.10 bits per heavy atom. The van der Waals surface area contributed by atoms with E-state index in [-0.39, 0.29) is 0 Å². The van der Waals surface area contributed by atoms with E-state index in [0.717, 1.165) is 29.3 Å². The van der Waals surface area contributed by atoms with Crippen molar-refractivity contribution in [2.24, 2.45) is 11.7 Å². The van der Waals surface area contributed by atoms with Crippen molar-refractivity contribution in [1.29, 1.82) is 0 Å². The predicted octanol–water partition coefficient (Wildman–Crippen LogP) is 3.68. The molecule has 0 bridgehead atoms. The lowest BCUT2D eigenvalue weighted by Gasteiger charge is -2.10. The van der Waals surface area contributed by atoms with Gasteiger partial charge < -0.3 is 10.5 Å². The summed E-state index contributed by atoms with van der Waals surface area (Å²) in [5, 5.41) is 0.967. The molecule has 0 saturated heterocycles. The first-order chi connectivity index (χ1) is 9.58. The van der Waals surface area contributed by atoms with Crippen LogP contribution in [0, 0.1) is 5.92 Å². The van der Waals surface area contributed by atoms with Crippen LogP contribution in [0.3, 0.4) is 0 Å². The SMILES string of the molecule is CC(C)CCCOc1cc(C(N)=S)c2ccccc2n1. The predicted molar refractivity (Wildman–Crippen MR) is 87.2 cm³/mol. The van der Waals surface area contributed by atoms with Gasteiger partial charge in [0.1, 0.15) is 4.99 Å². The van der Waals surface area contributed by atoms with Crippen LogP contribution in [-0.4, -0.2) is 16.6 Å². The van der Waals surface area contributed by atoms with Gasteiger partial charge in [0.25, 0.3) is 0 Å². The van der Waals surface area contributed by atoms with Gasteiger partial charge in [0, 0.05) is 17.0 Å². The largest absolute Gasteiger partial charge is 0.478 e. The van der Waals surface area contributed by atoms with Crippen LogP contribution in [0.2, 0.25) is 0 Å². The van der Waals surface area contributed by atoms with Gasteiger partial charge in [0.2, 0.25) is 5.88 Å². The van der Waals surface area contributed by atoms with Gasteiger partial charge >= 0.3 is 0 Å². The van der Waals surface area contributed by atoms with E-state index in [1.807, 2.05) is 30.3 Å². The molecule has 0 fully saturated rings. The minimum Gasteiger partial charge on any atom is -0.478 e. The maximum atomic E-state index is 5.79. The van der Waals surface area contributed by atoms with Gasteiger partial charge in [-0.2, -0.15) is 0 Å².